The average Bonchev–Trinajstić information content (AvgIpc) is 3.20. The Morgan fingerprint density at radius 3 is 2.23 bits per heavy atom. The van der Waals surface area contributed by atoms with E-state index in [2.05, 4.69) is 10.3 Å². The van der Waals surface area contributed by atoms with Crippen LogP contribution in [0.25, 0.3) is 11.5 Å². The van der Waals surface area contributed by atoms with Crippen molar-refractivity contribution >= 4 is 21.4 Å². The maximum atomic E-state index is 13.3. The van der Waals surface area contributed by atoms with E-state index in [1.165, 1.54) is 12.1 Å². The number of halogens is 1. The lowest BCUT2D eigenvalue weighted by Crippen LogP contribution is -2.05. The van der Waals surface area contributed by atoms with Crippen molar-refractivity contribution in [2.75, 3.05) is 12.4 Å². The second-order valence-corrected chi connectivity index (χ2v) is 8.20. The summed E-state index contributed by atoms with van der Waals surface area (Å²) in [5.74, 6) is 0.230. The number of ether oxygens (including phenoxy) is 1. The molecule has 0 saturated heterocycles. The Bertz CT molecular complexity index is 1250. The van der Waals surface area contributed by atoms with Crippen LogP contribution in [-0.4, -0.2) is 20.5 Å². The number of anilines is 2. The van der Waals surface area contributed by atoms with Crippen molar-refractivity contribution in [2.24, 2.45) is 0 Å². The second kappa shape index (κ2) is 8.00. The Hall–Kier alpha value is -3.65. The molecule has 4 aromatic rings. The highest BCUT2D eigenvalue weighted by Gasteiger charge is 2.28. The lowest BCUT2D eigenvalue weighted by molar-refractivity contribution is 0.415. The van der Waals surface area contributed by atoms with Gasteiger partial charge in [-0.2, -0.15) is 4.98 Å². The molecular formula is C22H17FN2O4S. The summed E-state index contributed by atoms with van der Waals surface area (Å²) in [6, 6.07) is 20.4. The Kier molecular flexibility index (Phi) is 5.24. The highest BCUT2D eigenvalue weighted by molar-refractivity contribution is 7.91. The normalized spacial score (nSPS) is 11.3. The van der Waals surface area contributed by atoms with E-state index in [-0.39, 0.29) is 21.7 Å². The van der Waals surface area contributed by atoms with Crippen molar-refractivity contribution in [1.82, 2.24) is 4.98 Å². The Morgan fingerprint density at radius 1 is 0.933 bits per heavy atom. The summed E-state index contributed by atoms with van der Waals surface area (Å²) < 4.78 is 50.6. The summed E-state index contributed by atoms with van der Waals surface area (Å²) in [4.78, 5) is 4.16. The molecule has 0 bridgehead atoms. The summed E-state index contributed by atoms with van der Waals surface area (Å²) >= 11 is 0. The summed E-state index contributed by atoms with van der Waals surface area (Å²) in [6.07, 6.45) is 0. The topological polar surface area (TPSA) is 81.4 Å². The standard InChI is InChI=1S/C22H17FN2O4S/c1-28-18-11-9-17(10-12-18)24-21-22(25-20(29-21)15-5-3-2-4-6-15)30(26,27)19-13-7-16(23)8-14-19/h2-14,24H,1H3. The van der Waals surface area contributed by atoms with Crippen LogP contribution in [0.4, 0.5) is 16.0 Å². The number of aromatic nitrogens is 1. The van der Waals surface area contributed by atoms with Gasteiger partial charge in [-0.1, -0.05) is 18.2 Å². The molecule has 4 rings (SSSR count). The van der Waals surface area contributed by atoms with Crippen molar-refractivity contribution in [3.05, 3.63) is 84.7 Å². The van der Waals surface area contributed by atoms with Crippen molar-refractivity contribution in [2.45, 2.75) is 9.92 Å². The SMILES string of the molecule is COc1ccc(Nc2oc(-c3ccccc3)nc2S(=O)(=O)c2ccc(F)cc2)cc1. The fourth-order valence-electron chi connectivity index (χ4n) is 2.80. The minimum absolute atomic E-state index is 0.0386. The van der Waals surface area contributed by atoms with Gasteiger partial charge in [0.1, 0.15) is 11.6 Å². The van der Waals surface area contributed by atoms with E-state index >= 15 is 0 Å². The number of rotatable bonds is 6. The van der Waals surface area contributed by atoms with Gasteiger partial charge in [-0.25, -0.2) is 12.8 Å². The molecule has 1 aromatic heterocycles. The van der Waals surface area contributed by atoms with Gasteiger partial charge in [-0.05, 0) is 60.7 Å². The number of hydrogen-bond donors (Lipinski definition) is 1. The summed E-state index contributed by atoms with van der Waals surface area (Å²) in [5, 5.41) is 2.68. The van der Waals surface area contributed by atoms with Crippen LogP contribution in [-0.2, 0) is 9.84 Å². The maximum Gasteiger partial charge on any atom is 0.238 e. The molecule has 0 aliphatic rings. The van der Waals surface area contributed by atoms with Crippen LogP contribution >= 0.6 is 0 Å². The van der Waals surface area contributed by atoms with Crippen LogP contribution in [0.15, 0.2) is 93.2 Å². The highest BCUT2D eigenvalue weighted by atomic mass is 32.2. The van der Waals surface area contributed by atoms with Gasteiger partial charge >= 0.3 is 0 Å². The van der Waals surface area contributed by atoms with Crippen molar-refractivity contribution in [3.63, 3.8) is 0 Å². The first-order valence-corrected chi connectivity index (χ1v) is 10.4. The molecule has 1 N–H and O–H groups in total. The van der Waals surface area contributed by atoms with E-state index in [0.717, 1.165) is 12.1 Å². The summed E-state index contributed by atoms with van der Waals surface area (Å²) in [5.41, 5.74) is 1.21. The Balaban J connectivity index is 1.80. The number of methoxy groups -OCH3 is 1. The zero-order chi connectivity index (χ0) is 21.1. The first-order valence-electron chi connectivity index (χ1n) is 8.95. The van der Waals surface area contributed by atoms with Gasteiger partial charge < -0.3 is 14.5 Å². The second-order valence-electron chi connectivity index (χ2n) is 6.33. The molecule has 3 aromatic carbocycles. The molecule has 0 amide bonds. The van der Waals surface area contributed by atoms with Gasteiger partial charge in [-0.15, -0.1) is 0 Å². The molecule has 152 valence electrons. The molecule has 0 radical (unpaired) electrons. The monoisotopic (exact) mass is 424 g/mol. The highest BCUT2D eigenvalue weighted by Crippen LogP contribution is 2.34. The van der Waals surface area contributed by atoms with Crippen LogP contribution in [0, 0.1) is 5.82 Å². The zero-order valence-electron chi connectivity index (χ0n) is 15.9. The van der Waals surface area contributed by atoms with E-state index in [0.29, 0.717) is 17.0 Å². The van der Waals surface area contributed by atoms with E-state index < -0.39 is 15.7 Å². The molecule has 0 aliphatic carbocycles. The van der Waals surface area contributed by atoms with Crippen LogP contribution in [0.2, 0.25) is 0 Å². The molecule has 30 heavy (non-hydrogen) atoms. The number of sulfone groups is 1. The van der Waals surface area contributed by atoms with Gasteiger partial charge in [0.05, 0.1) is 12.0 Å². The predicted molar refractivity (Wildman–Crippen MR) is 110 cm³/mol. The molecular weight excluding hydrogens is 407 g/mol. The number of oxazole rings is 1. The van der Waals surface area contributed by atoms with Gasteiger partial charge in [-0.3, -0.25) is 0 Å². The molecule has 0 fully saturated rings. The van der Waals surface area contributed by atoms with Crippen LogP contribution in [0.3, 0.4) is 0 Å². The minimum atomic E-state index is -4.07. The molecule has 0 spiro atoms. The minimum Gasteiger partial charge on any atom is -0.497 e. The smallest absolute Gasteiger partial charge is 0.238 e. The van der Waals surface area contributed by atoms with E-state index in [1.807, 2.05) is 6.07 Å². The molecule has 0 aliphatic heterocycles. The van der Waals surface area contributed by atoms with E-state index in [4.69, 9.17) is 9.15 Å². The van der Waals surface area contributed by atoms with Gasteiger partial charge in [0, 0.05) is 11.3 Å². The first kappa shape index (κ1) is 19.7. The number of benzene rings is 3. The Labute approximate surface area is 172 Å². The third kappa shape index (κ3) is 3.90. The third-order valence-corrected chi connectivity index (χ3v) is 6.02. The third-order valence-electron chi connectivity index (χ3n) is 4.34. The summed E-state index contributed by atoms with van der Waals surface area (Å²) in [6.45, 7) is 0. The van der Waals surface area contributed by atoms with Crippen molar-refractivity contribution in [3.8, 4) is 17.2 Å². The Morgan fingerprint density at radius 2 is 1.60 bits per heavy atom. The summed E-state index contributed by atoms with van der Waals surface area (Å²) in [7, 11) is -2.51. The van der Waals surface area contributed by atoms with E-state index in [1.54, 1.807) is 55.6 Å². The molecule has 0 atom stereocenters. The van der Waals surface area contributed by atoms with Crippen molar-refractivity contribution in [1.29, 1.82) is 0 Å². The molecule has 0 unspecified atom stereocenters. The lowest BCUT2D eigenvalue weighted by Gasteiger charge is -2.07. The maximum absolute atomic E-state index is 13.3. The van der Waals surface area contributed by atoms with Gasteiger partial charge in [0.2, 0.25) is 26.6 Å². The number of hydrogen-bond acceptors (Lipinski definition) is 6. The van der Waals surface area contributed by atoms with Gasteiger partial charge in [0.15, 0.2) is 0 Å². The number of nitrogens with one attached hydrogen (secondary N) is 1. The fourth-order valence-corrected chi connectivity index (χ4v) is 4.06. The number of nitrogens with zero attached hydrogens (tertiary/aromatic N) is 1. The molecule has 1 heterocycles. The van der Waals surface area contributed by atoms with Gasteiger partial charge in [0.25, 0.3) is 0 Å². The largest absolute Gasteiger partial charge is 0.497 e. The molecule has 6 nitrogen and oxygen atoms in total. The van der Waals surface area contributed by atoms with Crippen LogP contribution in [0.1, 0.15) is 0 Å². The zero-order valence-corrected chi connectivity index (χ0v) is 16.7. The predicted octanol–water partition coefficient (Wildman–Crippen LogP) is 5.07. The molecule has 8 heteroatoms. The fraction of sp³-hybridized carbons (Fsp3) is 0.0455. The van der Waals surface area contributed by atoms with Crippen molar-refractivity contribution < 1.29 is 22.0 Å². The molecule has 0 saturated carbocycles. The average molecular weight is 424 g/mol. The van der Waals surface area contributed by atoms with Crippen LogP contribution in [0.5, 0.6) is 5.75 Å². The van der Waals surface area contributed by atoms with E-state index in [9.17, 15) is 12.8 Å². The lowest BCUT2D eigenvalue weighted by atomic mass is 10.2. The first-order chi connectivity index (χ1) is 14.5. The van der Waals surface area contributed by atoms with Crippen LogP contribution < -0.4 is 10.1 Å². The quantitative estimate of drug-likeness (QED) is 0.436.